The Bertz CT molecular complexity index is 420. The molecule has 2 rings (SSSR count). The number of carbonyl (C=O) groups excluding carboxylic acids is 1. The number of amides is 1. The molecule has 0 radical (unpaired) electrons. The summed E-state index contributed by atoms with van der Waals surface area (Å²) in [4.78, 5) is 15.5. The predicted octanol–water partition coefficient (Wildman–Crippen LogP) is 0.689. The number of nitrogens with two attached hydrogens (primary N) is 1. The second kappa shape index (κ2) is 5.16. The van der Waals surface area contributed by atoms with Gasteiger partial charge in [0.1, 0.15) is 12.4 Å². The molecule has 0 spiro atoms. The molecule has 0 bridgehead atoms. The van der Waals surface area contributed by atoms with E-state index in [4.69, 9.17) is 15.3 Å². The van der Waals surface area contributed by atoms with Crippen LogP contribution in [0.4, 0.5) is 0 Å². The van der Waals surface area contributed by atoms with E-state index in [0.717, 1.165) is 24.3 Å². The summed E-state index contributed by atoms with van der Waals surface area (Å²) in [5.41, 5.74) is 10.1. The Morgan fingerprint density at radius 3 is 3.24 bits per heavy atom. The summed E-state index contributed by atoms with van der Waals surface area (Å²) >= 11 is 0. The molecule has 1 aromatic rings. The predicted molar refractivity (Wildman–Crippen MR) is 62.3 cm³/mol. The Balaban J connectivity index is 1.95. The summed E-state index contributed by atoms with van der Waals surface area (Å²) in [6.07, 6.45) is 0.942. The van der Waals surface area contributed by atoms with Gasteiger partial charge in [0.2, 0.25) is 5.91 Å². The van der Waals surface area contributed by atoms with Crippen LogP contribution in [0.5, 0.6) is 5.75 Å². The number of ether oxygens (including phenoxy) is 1. The zero-order valence-corrected chi connectivity index (χ0v) is 9.73. The van der Waals surface area contributed by atoms with Gasteiger partial charge in [-0.1, -0.05) is 12.1 Å². The lowest BCUT2D eigenvalue weighted by atomic mass is 10.0. The van der Waals surface area contributed by atoms with Crippen molar-refractivity contribution in [1.29, 1.82) is 0 Å². The minimum Gasteiger partial charge on any atom is -0.493 e. The van der Waals surface area contributed by atoms with Crippen molar-refractivity contribution in [3.05, 3.63) is 29.3 Å². The lowest BCUT2D eigenvalue weighted by molar-refractivity contribution is -0.126. The average Bonchev–Trinajstić information content (AvgIpc) is 2.75. The summed E-state index contributed by atoms with van der Waals surface area (Å²) in [7, 11) is 0. The molecule has 1 unspecified atom stereocenters. The lowest BCUT2D eigenvalue weighted by Gasteiger charge is -2.14. The van der Waals surface area contributed by atoms with Gasteiger partial charge in [0, 0.05) is 6.42 Å². The molecule has 3 N–H and O–H groups in total. The highest BCUT2D eigenvalue weighted by molar-refractivity contribution is 5.74. The first kappa shape index (κ1) is 11.9. The van der Waals surface area contributed by atoms with E-state index in [1.165, 1.54) is 5.56 Å². The smallest absolute Gasteiger partial charge is 0.245 e. The molecule has 5 nitrogen and oxygen atoms in total. The van der Waals surface area contributed by atoms with Gasteiger partial charge in [0.25, 0.3) is 0 Å². The maximum atomic E-state index is 10.5. The Hall–Kier alpha value is -1.59. The van der Waals surface area contributed by atoms with Crippen LogP contribution < -0.4 is 16.0 Å². The van der Waals surface area contributed by atoms with E-state index < -0.39 is 5.91 Å². The third-order valence-electron chi connectivity index (χ3n) is 2.69. The molecule has 1 amide bonds. The Labute approximate surface area is 99.8 Å². The van der Waals surface area contributed by atoms with Gasteiger partial charge in [-0.15, -0.1) is 0 Å². The van der Waals surface area contributed by atoms with E-state index in [0.29, 0.717) is 0 Å². The van der Waals surface area contributed by atoms with Crippen molar-refractivity contribution in [3.63, 3.8) is 0 Å². The van der Waals surface area contributed by atoms with Crippen molar-refractivity contribution in [3.8, 4) is 5.75 Å². The number of hydrogen-bond donors (Lipinski definition) is 2. The monoisotopic (exact) mass is 236 g/mol. The van der Waals surface area contributed by atoms with Gasteiger partial charge >= 0.3 is 0 Å². The minimum atomic E-state index is -0.493. The third-order valence-corrected chi connectivity index (χ3v) is 2.69. The van der Waals surface area contributed by atoms with Gasteiger partial charge in [0.05, 0.1) is 12.6 Å². The fourth-order valence-electron chi connectivity index (χ4n) is 1.78. The number of carbonyl (C=O) groups is 1. The molecule has 5 heteroatoms. The first-order chi connectivity index (χ1) is 8.16. The van der Waals surface area contributed by atoms with Crippen LogP contribution >= 0.6 is 0 Å². The SMILES string of the molecule is CC(NOCC(N)=O)c1ccc2c(c1)CCO2. The van der Waals surface area contributed by atoms with Crippen LogP contribution in [-0.4, -0.2) is 19.1 Å². The normalized spacial score (nSPS) is 15.1. The highest BCUT2D eigenvalue weighted by Crippen LogP contribution is 2.27. The second-order valence-corrected chi connectivity index (χ2v) is 4.06. The molecule has 1 heterocycles. The summed E-state index contributed by atoms with van der Waals surface area (Å²) < 4.78 is 5.43. The van der Waals surface area contributed by atoms with Crippen molar-refractivity contribution in [2.75, 3.05) is 13.2 Å². The number of benzene rings is 1. The number of fused-ring (bicyclic) bond motifs is 1. The fourth-order valence-corrected chi connectivity index (χ4v) is 1.78. The topological polar surface area (TPSA) is 73.6 Å². The van der Waals surface area contributed by atoms with Crippen LogP contribution in [0.15, 0.2) is 18.2 Å². The number of hydroxylamine groups is 1. The molecule has 17 heavy (non-hydrogen) atoms. The van der Waals surface area contributed by atoms with E-state index in [2.05, 4.69) is 11.5 Å². The summed E-state index contributed by atoms with van der Waals surface area (Å²) in [5.74, 6) is 0.464. The summed E-state index contributed by atoms with van der Waals surface area (Å²) in [5, 5.41) is 0. The van der Waals surface area contributed by atoms with Crippen molar-refractivity contribution < 1.29 is 14.4 Å². The molecule has 1 aliphatic heterocycles. The van der Waals surface area contributed by atoms with Gasteiger partial charge in [0.15, 0.2) is 0 Å². The average molecular weight is 236 g/mol. The van der Waals surface area contributed by atoms with Gasteiger partial charge in [-0.3, -0.25) is 9.63 Å². The van der Waals surface area contributed by atoms with Crippen LogP contribution in [-0.2, 0) is 16.1 Å². The van der Waals surface area contributed by atoms with Crippen molar-refractivity contribution in [2.24, 2.45) is 5.73 Å². The Morgan fingerprint density at radius 2 is 2.47 bits per heavy atom. The van der Waals surface area contributed by atoms with Crippen LogP contribution in [0.1, 0.15) is 24.1 Å². The van der Waals surface area contributed by atoms with Crippen LogP contribution in [0.3, 0.4) is 0 Å². The zero-order chi connectivity index (χ0) is 12.3. The molecule has 0 saturated heterocycles. The Morgan fingerprint density at radius 1 is 1.65 bits per heavy atom. The molecule has 92 valence electrons. The lowest BCUT2D eigenvalue weighted by Crippen LogP contribution is -2.26. The standard InChI is InChI=1S/C12H16N2O3/c1-8(14-17-7-12(13)15)9-2-3-11-10(6-9)4-5-16-11/h2-3,6,8,14H,4-5,7H2,1H3,(H2,13,15). The molecule has 0 aromatic heterocycles. The number of primary amides is 1. The van der Waals surface area contributed by atoms with Crippen molar-refractivity contribution in [1.82, 2.24) is 5.48 Å². The van der Waals surface area contributed by atoms with Crippen LogP contribution in [0, 0.1) is 0 Å². The van der Waals surface area contributed by atoms with E-state index in [1.807, 2.05) is 19.1 Å². The van der Waals surface area contributed by atoms with Crippen molar-refractivity contribution in [2.45, 2.75) is 19.4 Å². The van der Waals surface area contributed by atoms with Crippen LogP contribution in [0.2, 0.25) is 0 Å². The van der Waals surface area contributed by atoms with E-state index in [1.54, 1.807) is 0 Å². The third kappa shape index (κ3) is 2.95. The van der Waals surface area contributed by atoms with Gasteiger partial charge in [-0.05, 0) is 24.1 Å². The number of rotatable bonds is 5. The molecule has 0 fully saturated rings. The molecule has 1 atom stereocenters. The van der Waals surface area contributed by atoms with E-state index in [-0.39, 0.29) is 12.6 Å². The van der Waals surface area contributed by atoms with E-state index >= 15 is 0 Å². The van der Waals surface area contributed by atoms with Gasteiger partial charge < -0.3 is 10.5 Å². The molecular weight excluding hydrogens is 220 g/mol. The zero-order valence-electron chi connectivity index (χ0n) is 9.73. The summed E-state index contributed by atoms with van der Waals surface area (Å²) in [6, 6.07) is 6.03. The van der Waals surface area contributed by atoms with E-state index in [9.17, 15) is 4.79 Å². The molecule has 1 aliphatic rings. The maximum Gasteiger partial charge on any atom is 0.245 e. The van der Waals surface area contributed by atoms with Gasteiger partial charge in [-0.2, -0.15) is 5.48 Å². The molecule has 0 aliphatic carbocycles. The second-order valence-electron chi connectivity index (χ2n) is 4.06. The fraction of sp³-hybridized carbons (Fsp3) is 0.417. The highest BCUT2D eigenvalue weighted by atomic mass is 16.6. The molecule has 0 saturated carbocycles. The van der Waals surface area contributed by atoms with Crippen LogP contribution in [0.25, 0.3) is 0 Å². The quantitative estimate of drug-likeness (QED) is 0.738. The highest BCUT2D eigenvalue weighted by Gasteiger charge is 2.14. The Kier molecular flexibility index (Phi) is 3.61. The van der Waals surface area contributed by atoms with Crippen molar-refractivity contribution >= 4 is 5.91 Å². The first-order valence-corrected chi connectivity index (χ1v) is 5.58. The minimum absolute atomic E-state index is 0.000231. The first-order valence-electron chi connectivity index (χ1n) is 5.58. The molecular formula is C12H16N2O3. The van der Waals surface area contributed by atoms with Gasteiger partial charge in [-0.25, -0.2) is 0 Å². The summed E-state index contributed by atoms with van der Waals surface area (Å²) in [6.45, 7) is 2.58. The number of nitrogens with one attached hydrogen (secondary N) is 1. The largest absolute Gasteiger partial charge is 0.493 e. The maximum absolute atomic E-state index is 10.5. The molecule has 1 aromatic carbocycles. The number of hydrogen-bond acceptors (Lipinski definition) is 4.